The van der Waals surface area contributed by atoms with Crippen molar-refractivity contribution in [3.8, 4) is 0 Å². The molecule has 2 heterocycles. The van der Waals surface area contributed by atoms with Gasteiger partial charge in [0.25, 0.3) is 0 Å². The minimum absolute atomic E-state index is 0.139. The molecule has 2 aromatic heterocycles. The molecule has 3 atom stereocenters. The Bertz CT molecular complexity index is 1140. The molecule has 0 radical (unpaired) electrons. The van der Waals surface area contributed by atoms with E-state index >= 15 is 0 Å². The third kappa shape index (κ3) is 5.03. The van der Waals surface area contributed by atoms with Crippen LogP contribution in [0.25, 0.3) is 10.9 Å². The molecule has 1 aliphatic rings. The van der Waals surface area contributed by atoms with Crippen molar-refractivity contribution in [2.45, 2.75) is 44.6 Å². The number of alkyl halides is 1. The summed E-state index contributed by atoms with van der Waals surface area (Å²) >= 11 is 0. The summed E-state index contributed by atoms with van der Waals surface area (Å²) in [4.78, 5) is 23.7. The van der Waals surface area contributed by atoms with E-state index in [4.69, 9.17) is 5.73 Å². The Morgan fingerprint density at radius 1 is 1.21 bits per heavy atom. The second kappa shape index (κ2) is 9.91. The maximum Gasteiger partial charge on any atom is 0.169 e. The second-order valence-corrected chi connectivity index (χ2v) is 9.24. The fourth-order valence-electron chi connectivity index (χ4n) is 5.03. The molecule has 1 fully saturated rings. The van der Waals surface area contributed by atoms with Gasteiger partial charge in [-0.05, 0) is 66.5 Å². The maximum absolute atomic E-state index is 14.6. The summed E-state index contributed by atoms with van der Waals surface area (Å²) in [5.41, 5.74) is 9.56. The fraction of sp³-hybridized carbons (Fsp3) is 0.423. The highest BCUT2D eigenvalue weighted by molar-refractivity contribution is 6.08. The predicted molar refractivity (Wildman–Crippen MR) is 127 cm³/mol. The normalized spacial score (nSPS) is 20.7. The lowest BCUT2D eigenvalue weighted by atomic mass is 9.75. The number of aromatic nitrogens is 2. The van der Waals surface area contributed by atoms with Gasteiger partial charge in [0.05, 0.1) is 17.4 Å². The predicted octanol–water partition coefficient (Wildman–Crippen LogP) is 4.83. The van der Waals surface area contributed by atoms with Crippen LogP contribution in [-0.4, -0.2) is 42.1 Å². The minimum atomic E-state index is -0.520. The Morgan fingerprint density at radius 3 is 2.79 bits per heavy atom. The van der Waals surface area contributed by atoms with Crippen LogP contribution >= 0.6 is 0 Å². The van der Waals surface area contributed by atoms with Crippen LogP contribution in [0, 0.1) is 11.7 Å². The number of nitrogens with zero attached hydrogens (tertiary/aromatic N) is 3. The molecule has 0 saturated heterocycles. The first-order chi connectivity index (χ1) is 15.9. The van der Waals surface area contributed by atoms with E-state index in [1.54, 1.807) is 36.6 Å². The van der Waals surface area contributed by atoms with Crippen LogP contribution in [-0.2, 0) is 6.42 Å². The van der Waals surface area contributed by atoms with Gasteiger partial charge >= 0.3 is 0 Å². The molecule has 1 aliphatic carbocycles. The Kier molecular flexibility index (Phi) is 6.98. The van der Waals surface area contributed by atoms with Crippen LogP contribution in [0.1, 0.15) is 53.6 Å². The molecule has 1 aromatic carbocycles. The zero-order chi connectivity index (χ0) is 23.5. The van der Waals surface area contributed by atoms with Crippen molar-refractivity contribution in [3.63, 3.8) is 0 Å². The van der Waals surface area contributed by atoms with Crippen LogP contribution in [0.3, 0.4) is 0 Å². The van der Waals surface area contributed by atoms with Gasteiger partial charge in [-0.25, -0.2) is 8.78 Å². The van der Waals surface area contributed by atoms with Gasteiger partial charge in [0, 0.05) is 49.4 Å². The number of benzene rings is 1. The zero-order valence-corrected chi connectivity index (χ0v) is 19.1. The highest BCUT2D eigenvalue weighted by atomic mass is 19.1. The molecule has 0 amide bonds. The number of Topliss-reactive ketones (excluding diaryl/α,β-unsaturated/α-hetero) is 1. The van der Waals surface area contributed by atoms with Gasteiger partial charge in [0.2, 0.25) is 0 Å². The summed E-state index contributed by atoms with van der Waals surface area (Å²) < 4.78 is 27.3. The van der Waals surface area contributed by atoms with Gasteiger partial charge in [-0.3, -0.25) is 14.8 Å². The smallest absolute Gasteiger partial charge is 0.169 e. The van der Waals surface area contributed by atoms with Crippen LogP contribution < -0.4 is 10.6 Å². The van der Waals surface area contributed by atoms with Gasteiger partial charge in [-0.15, -0.1) is 0 Å². The number of rotatable bonds is 7. The number of pyridine rings is 2. The Morgan fingerprint density at radius 2 is 2.03 bits per heavy atom. The Balaban J connectivity index is 1.65. The van der Waals surface area contributed by atoms with E-state index in [0.717, 1.165) is 30.4 Å². The minimum Gasteiger partial charge on any atom is -0.371 e. The molecular formula is C26H30F2N4O. The van der Waals surface area contributed by atoms with E-state index in [0.29, 0.717) is 28.6 Å². The molecule has 7 heteroatoms. The Hall–Kier alpha value is -2.93. The third-order valence-electron chi connectivity index (χ3n) is 6.65. The van der Waals surface area contributed by atoms with Crippen molar-refractivity contribution < 1.29 is 13.6 Å². The first-order valence-electron chi connectivity index (χ1n) is 11.4. The largest absolute Gasteiger partial charge is 0.371 e. The summed E-state index contributed by atoms with van der Waals surface area (Å²) in [5, 5.41) is 0.252. The topological polar surface area (TPSA) is 72.1 Å². The van der Waals surface area contributed by atoms with Gasteiger partial charge in [-0.1, -0.05) is 6.92 Å². The van der Waals surface area contributed by atoms with Crippen molar-refractivity contribution in [1.82, 2.24) is 9.97 Å². The molecule has 0 spiro atoms. The average Bonchev–Trinajstić information content (AvgIpc) is 2.79. The van der Waals surface area contributed by atoms with Crippen molar-refractivity contribution >= 4 is 22.4 Å². The number of ketones is 1. The van der Waals surface area contributed by atoms with Gasteiger partial charge in [0.15, 0.2) is 5.78 Å². The van der Waals surface area contributed by atoms with Crippen LogP contribution in [0.4, 0.5) is 14.5 Å². The number of carbonyl (C=O) groups excluding carboxylic acids is 1. The van der Waals surface area contributed by atoms with Gasteiger partial charge < -0.3 is 10.6 Å². The molecule has 0 aliphatic heterocycles. The molecule has 3 aromatic rings. The Labute approximate surface area is 193 Å². The highest BCUT2D eigenvalue weighted by Crippen LogP contribution is 2.37. The van der Waals surface area contributed by atoms with Gasteiger partial charge in [0.1, 0.15) is 12.5 Å². The summed E-state index contributed by atoms with van der Waals surface area (Å²) in [6.07, 6.45) is 8.18. The van der Waals surface area contributed by atoms with Gasteiger partial charge in [-0.2, -0.15) is 0 Å². The monoisotopic (exact) mass is 452 g/mol. The summed E-state index contributed by atoms with van der Waals surface area (Å²) in [7, 11) is 1.72. The van der Waals surface area contributed by atoms with Crippen LogP contribution in [0.2, 0.25) is 0 Å². The first kappa shape index (κ1) is 23.2. The van der Waals surface area contributed by atoms with Crippen molar-refractivity contribution in [1.29, 1.82) is 0 Å². The maximum atomic E-state index is 14.6. The number of hydrogen-bond donors (Lipinski definition) is 1. The van der Waals surface area contributed by atoms with E-state index in [2.05, 4.69) is 16.9 Å². The van der Waals surface area contributed by atoms with Crippen molar-refractivity contribution in [3.05, 3.63) is 65.4 Å². The number of carbonyl (C=O) groups is 1. The van der Waals surface area contributed by atoms with E-state index in [-0.39, 0.29) is 30.2 Å². The van der Waals surface area contributed by atoms with E-state index in [1.807, 2.05) is 6.07 Å². The summed E-state index contributed by atoms with van der Waals surface area (Å²) in [5.74, 6) is 0.230. The molecule has 4 rings (SSSR count). The number of anilines is 1. The number of fused-ring (bicyclic) bond motifs is 1. The fourth-order valence-corrected chi connectivity index (χ4v) is 5.03. The number of nitrogens with two attached hydrogens (primary N) is 1. The van der Waals surface area contributed by atoms with Crippen molar-refractivity contribution in [2.75, 3.05) is 25.2 Å². The number of hydrogen-bond acceptors (Lipinski definition) is 5. The zero-order valence-electron chi connectivity index (χ0n) is 19.1. The molecule has 174 valence electrons. The molecule has 33 heavy (non-hydrogen) atoms. The quantitative estimate of drug-likeness (QED) is 0.520. The lowest BCUT2D eigenvalue weighted by molar-refractivity contribution is 0.0994. The SMILES string of the molecule is C[C@@H]1C[C@H](N)C[C@H](c2ccncc2CC(=O)c2ccc(F)c3cc(N(C)CCF)cnc23)C1. The van der Waals surface area contributed by atoms with Crippen LogP contribution in [0.5, 0.6) is 0 Å². The molecule has 0 bridgehead atoms. The number of halogens is 2. The third-order valence-corrected chi connectivity index (χ3v) is 6.65. The molecule has 2 N–H and O–H groups in total. The average molecular weight is 453 g/mol. The van der Waals surface area contributed by atoms with Crippen molar-refractivity contribution in [2.24, 2.45) is 11.7 Å². The first-order valence-corrected chi connectivity index (χ1v) is 11.4. The lowest BCUT2D eigenvalue weighted by Gasteiger charge is -2.32. The standard InChI is InChI=1S/C26H30F2N4O/c1-16-9-17(11-19(29)10-16)21-5-7-30-14-18(21)12-25(33)22-3-4-24(28)23-13-20(15-31-26(22)23)32(2)8-6-27/h3-5,7,13-17,19H,6,8-12,29H2,1-2H3/t16-,17+,19-/m0/s1. The summed E-state index contributed by atoms with van der Waals surface area (Å²) in [6, 6.07) is 6.55. The lowest BCUT2D eigenvalue weighted by Crippen LogP contribution is -2.31. The molecule has 0 unspecified atom stereocenters. The highest BCUT2D eigenvalue weighted by Gasteiger charge is 2.27. The van der Waals surface area contributed by atoms with Crippen LogP contribution in [0.15, 0.2) is 42.9 Å². The molecule has 1 saturated carbocycles. The second-order valence-electron chi connectivity index (χ2n) is 9.24. The van der Waals surface area contributed by atoms with E-state index in [1.165, 1.54) is 12.1 Å². The van der Waals surface area contributed by atoms with E-state index < -0.39 is 12.5 Å². The molecule has 5 nitrogen and oxygen atoms in total. The summed E-state index contributed by atoms with van der Waals surface area (Å²) in [6.45, 7) is 1.88. The molecular weight excluding hydrogens is 422 g/mol. The van der Waals surface area contributed by atoms with E-state index in [9.17, 15) is 13.6 Å².